The van der Waals surface area contributed by atoms with E-state index >= 15 is 0 Å². The SMILES string of the molecule is Cc1cc(C(=O)O)c2c(c1)cc(C)n2CCCO. The lowest BCUT2D eigenvalue weighted by molar-refractivity contribution is 0.0698. The average molecular weight is 247 g/mol. The third-order valence-electron chi connectivity index (χ3n) is 3.11. The molecule has 2 N–H and O–H groups in total. The van der Waals surface area contributed by atoms with Crippen LogP contribution in [0.15, 0.2) is 18.2 Å². The maximum Gasteiger partial charge on any atom is 0.337 e. The standard InChI is InChI=1S/C14H17NO3/c1-9-6-11-8-10(2)15(4-3-5-16)13(11)12(7-9)14(17)18/h6-8,16H,3-5H2,1-2H3,(H,17,18). The van der Waals surface area contributed by atoms with E-state index in [4.69, 9.17) is 5.11 Å². The molecule has 4 heteroatoms. The molecule has 0 radical (unpaired) electrons. The summed E-state index contributed by atoms with van der Waals surface area (Å²) in [5, 5.41) is 19.2. The number of hydrogen-bond donors (Lipinski definition) is 2. The fourth-order valence-electron chi connectivity index (χ4n) is 2.38. The molecule has 0 atom stereocenters. The third-order valence-corrected chi connectivity index (χ3v) is 3.11. The molecule has 0 saturated heterocycles. The fourth-order valence-corrected chi connectivity index (χ4v) is 2.38. The van der Waals surface area contributed by atoms with Gasteiger partial charge >= 0.3 is 5.97 Å². The second-order valence-electron chi connectivity index (χ2n) is 4.57. The third kappa shape index (κ3) is 2.11. The molecule has 1 aromatic carbocycles. The molecule has 2 aromatic rings. The first-order valence-corrected chi connectivity index (χ1v) is 5.99. The van der Waals surface area contributed by atoms with Crippen LogP contribution in [0, 0.1) is 13.8 Å². The number of aromatic nitrogens is 1. The van der Waals surface area contributed by atoms with Crippen LogP contribution in [-0.2, 0) is 6.54 Å². The van der Waals surface area contributed by atoms with Crippen molar-refractivity contribution < 1.29 is 15.0 Å². The highest BCUT2D eigenvalue weighted by Gasteiger charge is 2.15. The molecule has 1 aromatic heterocycles. The van der Waals surface area contributed by atoms with Gasteiger partial charge in [-0.15, -0.1) is 0 Å². The number of carboxylic acid groups (broad SMARTS) is 1. The van der Waals surface area contributed by atoms with Crippen LogP contribution in [0.3, 0.4) is 0 Å². The molecule has 0 fully saturated rings. The summed E-state index contributed by atoms with van der Waals surface area (Å²) in [6.07, 6.45) is 0.623. The predicted octanol–water partition coefficient (Wildman–Crippen LogP) is 2.34. The van der Waals surface area contributed by atoms with Gasteiger partial charge in [-0.05, 0) is 44.0 Å². The number of carboxylic acids is 1. The monoisotopic (exact) mass is 247 g/mol. The van der Waals surface area contributed by atoms with Gasteiger partial charge in [0.25, 0.3) is 0 Å². The first-order valence-electron chi connectivity index (χ1n) is 5.99. The van der Waals surface area contributed by atoms with Crippen LogP contribution in [0.2, 0.25) is 0 Å². The quantitative estimate of drug-likeness (QED) is 0.871. The number of rotatable bonds is 4. The zero-order valence-corrected chi connectivity index (χ0v) is 10.6. The summed E-state index contributed by atoms with van der Waals surface area (Å²) in [4.78, 5) is 11.3. The number of nitrogens with zero attached hydrogens (tertiary/aromatic N) is 1. The molecule has 96 valence electrons. The van der Waals surface area contributed by atoms with Gasteiger partial charge in [-0.1, -0.05) is 0 Å². The molecule has 0 aliphatic carbocycles. The van der Waals surface area contributed by atoms with Crippen molar-refractivity contribution in [3.05, 3.63) is 35.0 Å². The topological polar surface area (TPSA) is 62.5 Å². The Bertz CT molecular complexity index is 599. The predicted molar refractivity (Wildman–Crippen MR) is 70.1 cm³/mol. The molecule has 0 bridgehead atoms. The van der Waals surface area contributed by atoms with Gasteiger partial charge in [0.15, 0.2) is 0 Å². The summed E-state index contributed by atoms with van der Waals surface area (Å²) in [5.74, 6) is -0.910. The van der Waals surface area contributed by atoms with Gasteiger partial charge in [0.1, 0.15) is 0 Å². The highest BCUT2D eigenvalue weighted by Crippen LogP contribution is 2.25. The summed E-state index contributed by atoms with van der Waals surface area (Å²) in [7, 11) is 0. The fraction of sp³-hybridized carbons (Fsp3) is 0.357. The molecule has 2 rings (SSSR count). The minimum atomic E-state index is -0.910. The average Bonchev–Trinajstić information content (AvgIpc) is 2.60. The molecule has 0 amide bonds. The maximum absolute atomic E-state index is 11.3. The molecule has 0 saturated carbocycles. The minimum absolute atomic E-state index is 0.105. The lowest BCUT2D eigenvalue weighted by atomic mass is 10.1. The van der Waals surface area contributed by atoms with Crippen LogP contribution in [-0.4, -0.2) is 27.4 Å². The summed E-state index contributed by atoms with van der Waals surface area (Å²) in [5.41, 5.74) is 3.04. The van der Waals surface area contributed by atoms with Crippen LogP contribution in [0.5, 0.6) is 0 Å². The van der Waals surface area contributed by atoms with E-state index in [1.54, 1.807) is 6.07 Å². The Morgan fingerprint density at radius 2 is 2.00 bits per heavy atom. The van der Waals surface area contributed by atoms with Gasteiger partial charge < -0.3 is 14.8 Å². The number of aliphatic hydroxyl groups excluding tert-OH is 1. The maximum atomic E-state index is 11.3. The van der Waals surface area contributed by atoms with Gasteiger partial charge in [0.05, 0.1) is 11.1 Å². The van der Waals surface area contributed by atoms with Crippen molar-refractivity contribution >= 4 is 16.9 Å². The van der Waals surface area contributed by atoms with Crippen LogP contribution in [0.4, 0.5) is 0 Å². The van der Waals surface area contributed by atoms with Crippen molar-refractivity contribution in [2.45, 2.75) is 26.8 Å². The summed E-state index contributed by atoms with van der Waals surface area (Å²) >= 11 is 0. The number of aryl methyl sites for hydroxylation is 3. The molecule has 4 nitrogen and oxygen atoms in total. The highest BCUT2D eigenvalue weighted by molar-refractivity contribution is 6.03. The zero-order chi connectivity index (χ0) is 13.3. The Balaban J connectivity index is 2.69. The largest absolute Gasteiger partial charge is 0.478 e. The normalized spacial score (nSPS) is 11.1. The van der Waals surface area contributed by atoms with E-state index in [-0.39, 0.29) is 6.61 Å². The number of aliphatic hydroxyl groups is 1. The summed E-state index contributed by atoms with van der Waals surface area (Å²) in [6.45, 7) is 4.59. The number of fused-ring (bicyclic) bond motifs is 1. The van der Waals surface area contributed by atoms with Gasteiger partial charge in [-0.3, -0.25) is 0 Å². The molecule has 1 heterocycles. The molecule has 0 spiro atoms. The molecule has 0 aliphatic heterocycles. The van der Waals surface area contributed by atoms with E-state index in [1.807, 2.05) is 30.5 Å². The summed E-state index contributed by atoms with van der Waals surface area (Å²) in [6, 6.07) is 5.68. The summed E-state index contributed by atoms with van der Waals surface area (Å²) < 4.78 is 1.97. The van der Waals surface area contributed by atoms with Crippen molar-refractivity contribution in [1.29, 1.82) is 0 Å². The van der Waals surface area contributed by atoms with Gasteiger partial charge in [-0.2, -0.15) is 0 Å². The first-order chi connectivity index (χ1) is 8.54. The molecular weight excluding hydrogens is 230 g/mol. The Labute approximate surface area is 105 Å². The molecular formula is C14H17NO3. The van der Waals surface area contributed by atoms with E-state index in [1.165, 1.54) is 0 Å². The van der Waals surface area contributed by atoms with E-state index in [9.17, 15) is 9.90 Å². The van der Waals surface area contributed by atoms with E-state index in [0.717, 1.165) is 22.2 Å². The van der Waals surface area contributed by atoms with E-state index < -0.39 is 5.97 Å². The van der Waals surface area contributed by atoms with E-state index in [2.05, 4.69) is 0 Å². The highest BCUT2D eigenvalue weighted by atomic mass is 16.4. The smallest absolute Gasteiger partial charge is 0.337 e. The van der Waals surface area contributed by atoms with Crippen molar-refractivity contribution in [2.24, 2.45) is 0 Å². The number of carbonyl (C=O) groups is 1. The Morgan fingerprint density at radius 3 is 2.61 bits per heavy atom. The zero-order valence-electron chi connectivity index (χ0n) is 10.6. The molecule has 18 heavy (non-hydrogen) atoms. The van der Waals surface area contributed by atoms with Crippen LogP contribution in [0.1, 0.15) is 28.0 Å². The number of hydrogen-bond acceptors (Lipinski definition) is 2. The van der Waals surface area contributed by atoms with Crippen molar-refractivity contribution in [3.8, 4) is 0 Å². The molecule has 0 aliphatic rings. The van der Waals surface area contributed by atoms with Crippen molar-refractivity contribution in [1.82, 2.24) is 4.57 Å². The number of aromatic carboxylic acids is 1. The van der Waals surface area contributed by atoms with Crippen LogP contribution >= 0.6 is 0 Å². The minimum Gasteiger partial charge on any atom is -0.478 e. The first kappa shape index (κ1) is 12.6. The van der Waals surface area contributed by atoms with E-state index in [0.29, 0.717) is 18.5 Å². The van der Waals surface area contributed by atoms with Crippen LogP contribution in [0.25, 0.3) is 10.9 Å². The van der Waals surface area contributed by atoms with Gasteiger partial charge in [0.2, 0.25) is 0 Å². The second kappa shape index (κ2) is 4.82. The lowest BCUT2D eigenvalue weighted by Crippen LogP contribution is -2.06. The van der Waals surface area contributed by atoms with Crippen LogP contribution < -0.4 is 0 Å². The Kier molecular flexibility index (Phi) is 3.39. The van der Waals surface area contributed by atoms with Gasteiger partial charge in [0, 0.05) is 24.2 Å². The number of benzene rings is 1. The lowest BCUT2D eigenvalue weighted by Gasteiger charge is -2.09. The van der Waals surface area contributed by atoms with Crippen molar-refractivity contribution in [2.75, 3.05) is 6.61 Å². The molecule has 0 unspecified atom stereocenters. The second-order valence-corrected chi connectivity index (χ2v) is 4.57. The van der Waals surface area contributed by atoms with Gasteiger partial charge in [-0.25, -0.2) is 4.79 Å². The van der Waals surface area contributed by atoms with Crippen molar-refractivity contribution in [3.63, 3.8) is 0 Å². The Hall–Kier alpha value is -1.81. The Morgan fingerprint density at radius 1 is 1.28 bits per heavy atom.